The van der Waals surface area contributed by atoms with Gasteiger partial charge in [0.05, 0.1) is 23.3 Å². The van der Waals surface area contributed by atoms with Crippen LogP contribution >= 0.6 is 0 Å². The van der Waals surface area contributed by atoms with Gasteiger partial charge in [-0.25, -0.2) is 4.68 Å². The van der Waals surface area contributed by atoms with Gasteiger partial charge in [-0.3, -0.25) is 0 Å². The van der Waals surface area contributed by atoms with Gasteiger partial charge in [0, 0.05) is 5.92 Å². The quantitative estimate of drug-likeness (QED) is 0.875. The highest BCUT2D eigenvalue weighted by atomic mass is 15.3. The summed E-state index contributed by atoms with van der Waals surface area (Å²) < 4.78 is 1.93. The zero-order valence-corrected chi connectivity index (χ0v) is 10.8. The Labute approximate surface area is 108 Å². The third kappa shape index (κ3) is 1.90. The molecule has 1 aliphatic rings. The van der Waals surface area contributed by atoms with Crippen LogP contribution in [0.4, 0.5) is 5.69 Å². The average Bonchev–Trinajstić information content (AvgIpc) is 2.98. The SMILES string of the molecule is Cc1ccccc1-n1cc(N)c(C2CCCC2)n1. The van der Waals surface area contributed by atoms with Crippen molar-refractivity contribution in [1.29, 1.82) is 0 Å². The molecular formula is C15H19N3. The molecule has 94 valence electrons. The second-order valence-corrected chi connectivity index (χ2v) is 5.18. The molecule has 1 aromatic heterocycles. The second kappa shape index (κ2) is 4.48. The topological polar surface area (TPSA) is 43.8 Å². The van der Waals surface area contributed by atoms with Crippen LogP contribution in [0.25, 0.3) is 5.69 Å². The van der Waals surface area contributed by atoms with Crippen LogP contribution in [0.1, 0.15) is 42.9 Å². The zero-order chi connectivity index (χ0) is 12.5. The van der Waals surface area contributed by atoms with Crippen LogP contribution in [0.15, 0.2) is 30.5 Å². The van der Waals surface area contributed by atoms with Gasteiger partial charge in [0.2, 0.25) is 0 Å². The Bertz CT molecular complexity index is 551. The molecule has 2 aromatic rings. The van der Waals surface area contributed by atoms with Crippen LogP contribution in [0.3, 0.4) is 0 Å². The number of benzene rings is 1. The largest absolute Gasteiger partial charge is 0.396 e. The van der Waals surface area contributed by atoms with Gasteiger partial charge in [-0.05, 0) is 31.4 Å². The van der Waals surface area contributed by atoms with Crippen LogP contribution in [0, 0.1) is 6.92 Å². The molecule has 0 unspecified atom stereocenters. The summed E-state index contributed by atoms with van der Waals surface area (Å²) in [6.07, 6.45) is 7.03. The zero-order valence-electron chi connectivity index (χ0n) is 10.8. The molecule has 3 rings (SSSR count). The maximum absolute atomic E-state index is 6.13. The highest BCUT2D eigenvalue weighted by molar-refractivity contribution is 5.48. The first kappa shape index (κ1) is 11.3. The van der Waals surface area contributed by atoms with E-state index >= 15 is 0 Å². The predicted octanol–water partition coefficient (Wildman–Crippen LogP) is 3.42. The number of aryl methyl sites for hydroxylation is 1. The van der Waals surface area contributed by atoms with Crippen LogP contribution in [0.2, 0.25) is 0 Å². The van der Waals surface area contributed by atoms with E-state index in [2.05, 4.69) is 19.1 Å². The standard InChI is InChI=1S/C15H19N3/c1-11-6-2-5-9-14(11)18-10-13(16)15(17-18)12-7-3-4-8-12/h2,5-6,9-10,12H,3-4,7-8,16H2,1H3. The molecule has 0 amide bonds. The van der Waals surface area contributed by atoms with Crippen molar-refractivity contribution >= 4 is 5.69 Å². The highest BCUT2D eigenvalue weighted by Crippen LogP contribution is 2.36. The molecule has 1 saturated carbocycles. The molecule has 1 aliphatic carbocycles. The van der Waals surface area contributed by atoms with E-state index in [4.69, 9.17) is 10.8 Å². The lowest BCUT2D eigenvalue weighted by molar-refractivity contribution is 0.679. The van der Waals surface area contributed by atoms with Gasteiger partial charge in [0.25, 0.3) is 0 Å². The van der Waals surface area contributed by atoms with Crippen LogP contribution < -0.4 is 5.73 Å². The fraction of sp³-hybridized carbons (Fsp3) is 0.400. The first-order valence-electron chi connectivity index (χ1n) is 6.67. The number of nitrogen functional groups attached to an aromatic ring is 1. The summed E-state index contributed by atoms with van der Waals surface area (Å²) in [4.78, 5) is 0. The monoisotopic (exact) mass is 241 g/mol. The van der Waals surface area contributed by atoms with Crippen molar-refractivity contribution in [3.8, 4) is 5.69 Å². The summed E-state index contributed by atoms with van der Waals surface area (Å²) >= 11 is 0. The lowest BCUT2D eigenvalue weighted by Crippen LogP contribution is -2.01. The Morgan fingerprint density at radius 3 is 2.67 bits per heavy atom. The van der Waals surface area contributed by atoms with Crippen molar-refractivity contribution < 1.29 is 0 Å². The number of nitrogens with zero attached hydrogens (tertiary/aromatic N) is 2. The van der Waals surface area contributed by atoms with E-state index in [1.807, 2.05) is 23.0 Å². The molecule has 1 fully saturated rings. The molecule has 3 heteroatoms. The molecule has 2 N–H and O–H groups in total. The lowest BCUT2D eigenvalue weighted by atomic mass is 10.0. The van der Waals surface area contributed by atoms with Crippen molar-refractivity contribution in [3.63, 3.8) is 0 Å². The minimum atomic E-state index is 0.565. The minimum absolute atomic E-state index is 0.565. The summed E-state index contributed by atoms with van der Waals surface area (Å²) in [5.74, 6) is 0.565. The highest BCUT2D eigenvalue weighted by Gasteiger charge is 2.22. The van der Waals surface area contributed by atoms with Crippen molar-refractivity contribution in [1.82, 2.24) is 9.78 Å². The van der Waals surface area contributed by atoms with Crippen molar-refractivity contribution in [2.24, 2.45) is 0 Å². The van der Waals surface area contributed by atoms with Gasteiger partial charge in [-0.1, -0.05) is 31.0 Å². The first-order chi connectivity index (χ1) is 8.75. The number of hydrogen-bond donors (Lipinski definition) is 1. The Kier molecular flexibility index (Phi) is 2.82. The average molecular weight is 241 g/mol. The molecule has 0 spiro atoms. The molecular weight excluding hydrogens is 222 g/mol. The Balaban J connectivity index is 1.99. The van der Waals surface area contributed by atoms with Crippen LogP contribution in [-0.2, 0) is 0 Å². The van der Waals surface area contributed by atoms with E-state index in [0.717, 1.165) is 17.1 Å². The van der Waals surface area contributed by atoms with E-state index in [9.17, 15) is 0 Å². The van der Waals surface area contributed by atoms with Gasteiger partial charge in [-0.15, -0.1) is 0 Å². The van der Waals surface area contributed by atoms with Gasteiger partial charge in [0.15, 0.2) is 0 Å². The second-order valence-electron chi connectivity index (χ2n) is 5.18. The van der Waals surface area contributed by atoms with Crippen LogP contribution in [-0.4, -0.2) is 9.78 Å². The van der Waals surface area contributed by atoms with E-state index in [0.29, 0.717) is 5.92 Å². The van der Waals surface area contributed by atoms with Gasteiger partial charge >= 0.3 is 0 Å². The van der Waals surface area contributed by atoms with Crippen molar-refractivity contribution in [3.05, 3.63) is 41.7 Å². The Morgan fingerprint density at radius 2 is 1.94 bits per heavy atom. The fourth-order valence-corrected chi connectivity index (χ4v) is 2.86. The number of rotatable bonds is 2. The summed E-state index contributed by atoms with van der Waals surface area (Å²) in [5, 5.41) is 4.71. The maximum atomic E-state index is 6.13. The fourth-order valence-electron chi connectivity index (χ4n) is 2.86. The molecule has 1 aromatic carbocycles. The molecule has 0 bridgehead atoms. The van der Waals surface area contributed by atoms with Crippen molar-refractivity contribution in [2.45, 2.75) is 38.5 Å². The van der Waals surface area contributed by atoms with E-state index < -0.39 is 0 Å². The summed E-state index contributed by atoms with van der Waals surface area (Å²) in [6, 6.07) is 8.27. The maximum Gasteiger partial charge on any atom is 0.0889 e. The normalized spacial score (nSPS) is 16.3. The molecule has 0 saturated heterocycles. The summed E-state index contributed by atoms with van der Waals surface area (Å²) in [7, 11) is 0. The number of hydrogen-bond acceptors (Lipinski definition) is 2. The number of aromatic nitrogens is 2. The molecule has 0 radical (unpaired) electrons. The molecule has 18 heavy (non-hydrogen) atoms. The first-order valence-corrected chi connectivity index (χ1v) is 6.67. The number of nitrogens with two attached hydrogens (primary N) is 1. The smallest absolute Gasteiger partial charge is 0.0889 e. The van der Waals surface area contributed by atoms with Crippen LogP contribution in [0.5, 0.6) is 0 Å². The number of anilines is 1. The summed E-state index contributed by atoms with van der Waals surface area (Å²) in [5.41, 5.74) is 10.4. The Morgan fingerprint density at radius 1 is 1.22 bits per heavy atom. The molecule has 3 nitrogen and oxygen atoms in total. The molecule has 0 atom stereocenters. The Hall–Kier alpha value is -1.77. The predicted molar refractivity (Wildman–Crippen MR) is 73.9 cm³/mol. The van der Waals surface area contributed by atoms with E-state index in [-0.39, 0.29) is 0 Å². The number of para-hydroxylation sites is 1. The van der Waals surface area contributed by atoms with Gasteiger partial charge < -0.3 is 5.73 Å². The third-order valence-corrected chi connectivity index (χ3v) is 3.88. The molecule has 1 heterocycles. The molecule has 0 aliphatic heterocycles. The van der Waals surface area contributed by atoms with E-state index in [1.54, 1.807) is 0 Å². The third-order valence-electron chi connectivity index (χ3n) is 3.88. The van der Waals surface area contributed by atoms with E-state index in [1.165, 1.54) is 31.2 Å². The minimum Gasteiger partial charge on any atom is -0.396 e. The van der Waals surface area contributed by atoms with Gasteiger partial charge in [-0.2, -0.15) is 5.10 Å². The van der Waals surface area contributed by atoms with Gasteiger partial charge in [0.1, 0.15) is 0 Å². The lowest BCUT2D eigenvalue weighted by Gasteiger charge is -2.07. The summed E-state index contributed by atoms with van der Waals surface area (Å²) in [6.45, 7) is 2.10. The van der Waals surface area contributed by atoms with Crippen molar-refractivity contribution in [2.75, 3.05) is 5.73 Å².